The van der Waals surface area contributed by atoms with Gasteiger partial charge in [-0.3, -0.25) is 15.0 Å². The van der Waals surface area contributed by atoms with Crippen LogP contribution in [-0.2, 0) is 10.3 Å². The van der Waals surface area contributed by atoms with Gasteiger partial charge in [-0.05, 0) is 48.9 Å². The van der Waals surface area contributed by atoms with Gasteiger partial charge in [-0.1, -0.05) is 41.9 Å². The number of carbonyl (C=O) groups excluding carboxylic acids is 3. The Hall–Kier alpha value is -4.37. The Morgan fingerprint density at radius 3 is 2.47 bits per heavy atom. The predicted octanol–water partition coefficient (Wildman–Crippen LogP) is 3.90. The second kappa shape index (κ2) is 8.20. The second-order valence-corrected chi connectivity index (χ2v) is 8.22. The molecule has 0 bridgehead atoms. The van der Waals surface area contributed by atoms with Crippen molar-refractivity contribution in [3.8, 4) is 17.1 Å². The molecule has 1 fully saturated rings. The number of imide groups is 1. The number of nitrogens with zero attached hydrogens (tertiary/aromatic N) is 3. The summed E-state index contributed by atoms with van der Waals surface area (Å²) in [6, 6.07) is 19.9. The van der Waals surface area contributed by atoms with Crippen molar-refractivity contribution in [2.45, 2.75) is 12.5 Å². The number of hydrazine groups is 1. The average molecular weight is 476 g/mol. The zero-order valence-corrected chi connectivity index (χ0v) is 18.6. The van der Waals surface area contributed by atoms with Crippen LogP contribution in [0.15, 0.2) is 83.5 Å². The van der Waals surface area contributed by atoms with Crippen molar-refractivity contribution in [2.24, 2.45) is 0 Å². The monoisotopic (exact) mass is 475 g/mol. The normalized spacial score (nSPS) is 17.6. The molecule has 170 valence electrons. The standard InChI is InChI=1S/C24H18ClN5O4/c1-24(15-6-3-2-4-7-15)22(32)30(23(33)26-24)28-21(31)18-14-19(20-8-5-13-34-20)29(27-18)17-11-9-16(25)10-12-17/h2-14H,1H3,(H,26,33)(H,28,31). The third-order valence-corrected chi connectivity index (χ3v) is 5.79. The van der Waals surface area contributed by atoms with E-state index in [9.17, 15) is 14.4 Å². The van der Waals surface area contributed by atoms with Crippen LogP contribution in [0.5, 0.6) is 0 Å². The van der Waals surface area contributed by atoms with E-state index in [4.69, 9.17) is 16.0 Å². The van der Waals surface area contributed by atoms with Gasteiger partial charge in [0.05, 0.1) is 12.0 Å². The molecule has 34 heavy (non-hydrogen) atoms. The molecule has 0 saturated carbocycles. The Labute approximate surface area is 198 Å². The first kappa shape index (κ1) is 21.5. The maximum absolute atomic E-state index is 13.1. The van der Waals surface area contributed by atoms with E-state index in [1.54, 1.807) is 73.7 Å². The van der Waals surface area contributed by atoms with E-state index in [1.807, 2.05) is 0 Å². The van der Waals surface area contributed by atoms with E-state index in [-0.39, 0.29) is 5.69 Å². The Morgan fingerprint density at radius 1 is 1.06 bits per heavy atom. The minimum atomic E-state index is -1.31. The number of carbonyl (C=O) groups is 3. The largest absolute Gasteiger partial charge is 0.463 e. The molecule has 1 saturated heterocycles. The summed E-state index contributed by atoms with van der Waals surface area (Å²) < 4.78 is 7.01. The number of hydrogen-bond acceptors (Lipinski definition) is 5. The van der Waals surface area contributed by atoms with Crippen molar-refractivity contribution in [1.82, 2.24) is 25.5 Å². The number of rotatable bonds is 5. The summed E-state index contributed by atoms with van der Waals surface area (Å²) in [5.41, 5.74) is 2.78. The van der Waals surface area contributed by atoms with Gasteiger partial charge in [0.1, 0.15) is 11.2 Å². The van der Waals surface area contributed by atoms with E-state index in [0.717, 1.165) is 0 Å². The van der Waals surface area contributed by atoms with E-state index in [2.05, 4.69) is 15.8 Å². The Balaban J connectivity index is 1.45. The molecule has 2 N–H and O–H groups in total. The molecule has 9 nitrogen and oxygen atoms in total. The highest BCUT2D eigenvalue weighted by molar-refractivity contribution is 6.30. The number of nitrogens with one attached hydrogen (secondary N) is 2. The van der Waals surface area contributed by atoms with Crippen LogP contribution in [0.2, 0.25) is 5.02 Å². The first-order valence-corrected chi connectivity index (χ1v) is 10.7. The molecule has 4 aromatic rings. The van der Waals surface area contributed by atoms with Crippen molar-refractivity contribution < 1.29 is 18.8 Å². The lowest BCUT2D eigenvalue weighted by atomic mass is 9.92. The first-order chi connectivity index (χ1) is 16.4. The predicted molar refractivity (Wildman–Crippen MR) is 123 cm³/mol. The van der Waals surface area contributed by atoms with Crippen molar-refractivity contribution in [3.63, 3.8) is 0 Å². The molecule has 1 aliphatic rings. The summed E-state index contributed by atoms with van der Waals surface area (Å²) in [4.78, 5) is 38.7. The van der Waals surface area contributed by atoms with Gasteiger partial charge in [-0.25, -0.2) is 9.48 Å². The Morgan fingerprint density at radius 2 is 1.79 bits per heavy atom. The fraction of sp³-hybridized carbons (Fsp3) is 0.0833. The molecule has 2 aromatic heterocycles. The smallest absolute Gasteiger partial charge is 0.344 e. The maximum Gasteiger partial charge on any atom is 0.344 e. The summed E-state index contributed by atoms with van der Waals surface area (Å²) in [6.07, 6.45) is 1.51. The van der Waals surface area contributed by atoms with Gasteiger partial charge in [0.25, 0.3) is 11.8 Å². The van der Waals surface area contributed by atoms with Gasteiger partial charge in [0.15, 0.2) is 11.5 Å². The molecular weight excluding hydrogens is 458 g/mol. The van der Waals surface area contributed by atoms with Crippen LogP contribution in [0.25, 0.3) is 17.1 Å². The number of aromatic nitrogens is 2. The van der Waals surface area contributed by atoms with Gasteiger partial charge < -0.3 is 9.73 Å². The molecule has 4 amide bonds. The lowest BCUT2D eigenvalue weighted by Crippen LogP contribution is -2.48. The summed E-state index contributed by atoms with van der Waals surface area (Å²) in [5, 5.41) is 8.25. The maximum atomic E-state index is 13.1. The van der Waals surface area contributed by atoms with Crippen LogP contribution in [0.1, 0.15) is 23.0 Å². The fourth-order valence-corrected chi connectivity index (χ4v) is 3.86. The third kappa shape index (κ3) is 3.61. The Bertz CT molecular complexity index is 1380. The molecular formula is C24H18ClN5O4. The van der Waals surface area contributed by atoms with Crippen LogP contribution in [0.4, 0.5) is 4.79 Å². The summed E-state index contributed by atoms with van der Waals surface area (Å²) in [7, 11) is 0. The van der Waals surface area contributed by atoms with E-state index in [1.165, 1.54) is 17.0 Å². The third-order valence-electron chi connectivity index (χ3n) is 5.54. The first-order valence-electron chi connectivity index (χ1n) is 10.3. The van der Waals surface area contributed by atoms with E-state index >= 15 is 0 Å². The Kier molecular flexibility index (Phi) is 5.18. The van der Waals surface area contributed by atoms with E-state index < -0.39 is 23.4 Å². The van der Waals surface area contributed by atoms with Gasteiger partial charge in [-0.2, -0.15) is 10.1 Å². The molecule has 3 heterocycles. The fourth-order valence-electron chi connectivity index (χ4n) is 3.74. The molecule has 0 spiro atoms. The number of benzene rings is 2. The average Bonchev–Trinajstić information content (AvgIpc) is 3.57. The molecule has 0 radical (unpaired) electrons. The lowest BCUT2D eigenvalue weighted by Gasteiger charge is -2.21. The molecule has 0 aliphatic carbocycles. The number of urea groups is 1. The topological polar surface area (TPSA) is 109 Å². The highest BCUT2D eigenvalue weighted by atomic mass is 35.5. The molecule has 1 aliphatic heterocycles. The van der Waals surface area contributed by atoms with Gasteiger partial charge in [-0.15, -0.1) is 0 Å². The minimum absolute atomic E-state index is 0.0183. The molecule has 2 aromatic carbocycles. The molecule has 10 heteroatoms. The number of amides is 4. The summed E-state index contributed by atoms with van der Waals surface area (Å²) in [6.45, 7) is 1.58. The van der Waals surface area contributed by atoms with Crippen molar-refractivity contribution in [1.29, 1.82) is 0 Å². The van der Waals surface area contributed by atoms with Gasteiger partial charge in [0.2, 0.25) is 0 Å². The summed E-state index contributed by atoms with van der Waals surface area (Å²) >= 11 is 6.00. The SMILES string of the molecule is CC1(c2ccccc2)NC(=O)N(NC(=O)c2cc(-c3ccco3)n(-c3ccc(Cl)cc3)n2)C1=O. The van der Waals surface area contributed by atoms with Gasteiger partial charge >= 0.3 is 6.03 Å². The zero-order valence-electron chi connectivity index (χ0n) is 17.9. The van der Waals surface area contributed by atoms with Crippen LogP contribution in [-0.4, -0.2) is 32.6 Å². The van der Waals surface area contributed by atoms with Gasteiger partial charge in [0, 0.05) is 11.1 Å². The number of furan rings is 1. The highest BCUT2D eigenvalue weighted by Gasteiger charge is 2.50. The van der Waals surface area contributed by atoms with Crippen molar-refractivity contribution in [2.75, 3.05) is 0 Å². The quantitative estimate of drug-likeness (QED) is 0.425. The number of halogens is 1. The summed E-state index contributed by atoms with van der Waals surface area (Å²) in [5.74, 6) is -0.866. The molecule has 1 unspecified atom stereocenters. The highest BCUT2D eigenvalue weighted by Crippen LogP contribution is 2.28. The van der Waals surface area contributed by atoms with Crippen LogP contribution in [0.3, 0.4) is 0 Å². The number of hydrogen-bond donors (Lipinski definition) is 2. The lowest BCUT2D eigenvalue weighted by molar-refractivity contribution is -0.132. The second-order valence-electron chi connectivity index (χ2n) is 7.78. The van der Waals surface area contributed by atoms with Crippen LogP contribution < -0.4 is 10.7 Å². The van der Waals surface area contributed by atoms with Crippen LogP contribution >= 0.6 is 11.6 Å². The van der Waals surface area contributed by atoms with E-state index in [0.29, 0.717) is 32.7 Å². The minimum Gasteiger partial charge on any atom is -0.463 e. The van der Waals surface area contributed by atoms with Crippen LogP contribution in [0, 0.1) is 0 Å². The van der Waals surface area contributed by atoms with Crippen molar-refractivity contribution in [3.05, 3.63) is 95.3 Å². The molecule has 5 rings (SSSR count). The molecule has 1 atom stereocenters. The zero-order chi connectivity index (χ0) is 23.9. The van der Waals surface area contributed by atoms with Crippen molar-refractivity contribution >= 4 is 29.4 Å².